The molecule has 1 nitrogen and oxygen atoms in total. The van der Waals surface area contributed by atoms with Gasteiger partial charge in [0.2, 0.25) is 0 Å². The fourth-order valence-corrected chi connectivity index (χ4v) is 65.4. The molecule has 1 aliphatic heterocycles. The minimum absolute atomic E-state index is 0.421. The molecule has 0 saturated heterocycles. The van der Waals surface area contributed by atoms with Crippen LogP contribution in [0.1, 0.15) is 122 Å². The van der Waals surface area contributed by atoms with Gasteiger partial charge in [0.25, 0.3) is 0 Å². The van der Waals surface area contributed by atoms with Crippen LogP contribution in [0.4, 0.5) is 0 Å². The van der Waals surface area contributed by atoms with Gasteiger partial charge in [-0.2, -0.15) is 0 Å². The molecule has 57 heavy (non-hydrogen) atoms. The number of allylic oxidation sites excluding steroid dienone is 1. The molecule has 0 aromatic heterocycles. The Bertz CT molecular complexity index is 1650. The van der Waals surface area contributed by atoms with Crippen LogP contribution in [0.15, 0.2) is 35.4 Å². The van der Waals surface area contributed by atoms with Crippen LogP contribution >= 0.6 is 12.0 Å². The van der Waals surface area contributed by atoms with Gasteiger partial charge in [0.15, 0.2) is 0 Å². The predicted molar refractivity (Wildman–Crippen MR) is 285 cm³/mol. The zero-order valence-corrected chi connectivity index (χ0v) is 51.4. The summed E-state index contributed by atoms with van der Waals surface area (Å²) in [4.78, 5) is 0. The molecule has 324 valence electrons. The molecular weight excluding hydrogens is 866 g/mol. The van der Waals surface area contributed by atoms with E-state index in [0.717, 1.165) is 11.0 Å². The van der Waals surface area contributed by atoms with Gasteiger partial charge >= 0.3 is 372 Å². The Morgan fingerprint density at radius 1 is 0.439 bits per heavy atom. The molecule has 0 bridgehead atoms. The fraction of sp³-hybridized carbons (Fsp3) is 0.708. The second kappa shape index (κ2) is 17.8. The normalized spacial score (nSPS) is 18.7. The molecule has 3 rings (SSSR count). The van der Waals surface area contributed by atoms with Crippen LogP contribution in [0, 0.1) is 0 Å². The minimum atomic E-state index is -3.87. The van der Waals surface area contributed by atoms with Crippen molar-refractivity contribution in [3.8, 4) is 0 Å². The predicted octanol–water partition coefficient (Wildman–Crippen LogP) is 15.6. The van der Waals surface area contributed by atoms with Crippen molar-refractivity contribution in [3.63, 3.8) is 0 Å². The van der Waals surface area contributed by atoms with Crippen molar-refractivity contribution in [2.45, 2.75) is 212 Å². The number of benzene rings is 2. The summed E-state index contributed by atoms with van der Waals surface area (Å²) >= 11 is -2.02. The summed E-state index contributed by atoms with van der Waals surface area (Å²) < 4.78 is 11.7. The van der Waals surface area contributed by atoms with Crippen LogP contribution in [-0.4, -0.2) is 67.8 Å². The van der Waals surface area contributed by atoms with E-state index in [0.29, 0.717) is 33.2 Å². The van der Waals surface area contributed by atoms with E-state index in [1.54, 1.807) is 43.4 Å². The van der Waals surface area contributed by atoms with Crippen molar-refractivity contribution in [2.24, 2.45) is 0 Å². The van der Waals surface area contributed by atoms with Crippen molar-refractivity contribution in [3.05, 3.63) is 68.8 Å². The average Bonchev–Trinajstić information content (AvgIpc) is 3.09. The van der Waals surface area contributed by atoms with Crippen LogP contribution < -0.4 is 8.79 Å². The van der Waals surface area contributed by atoms with Crippen molar-refractivity contribution >= 4 is 82.9 Å². The molecule has 0 aliphatic carbocycles. The summed E-state index contributed by atoms with van der Waals surface area (Å²) in [6.45, 7) is 68.5. The molecule has 0 amide bonds. The third-order valence-electron chi connectivity index (χ3n) is 13.0. The average molecular weight is 958 g/mol. The first-order chi connectivity index (χ1) is 25.4. The number of hydrogen-bond acceptors (Lipinski definition) is 2. The van der Waals surface area contributed by atoms with Crippen LogP contribution in [0.3, 0.4) is 0 Å². The summed E-state index contributed by atoms with van der Waals surface area (Å²) in [7, 11) is -10.3. The molecule has 0 saturated carbocycles. The first-order valence-electron chi connectivity index (χ1n) is 22.7. The molecule has 0 fully saturated rings. The Balaban J connectivity index is 3.08. The molecule has 2 aromatic rings. The zero-order valence-electron chi connectivity index (χ0n) is 42.5. The van der Waals surface area contributed by atoms with Crippen LogP contribution in [0.2, 0.25) is 123 Å². The van der Waals surface area contributed by atoms with Crippen molar-refractivity contribution in [2.75, 3.05) is 5.75 Å². The van der Waals surface area contributed by atoms with E-state index in [1.807, 2.05) is 16.4 Å². The second-order valence-electron chi connectivity index (χ2n) is 26.0. The molecule has 1 atom stereocenters. The summed E-state index contributed by atoms with van der Waals surface area (Å²) in [5, 5.41) is 3.08. The van der Waals surface area contributed by atoms with Crippen molar-refractivity contribution in [1.29, 1.82) is 0 Å². The van der Waals surface area contributed by atoms with Gasteiger partial charge in [0.05, 0.1) is 0 Å². The third-order valence-corrected chi connectivity index (χ3v) is 52.4. The Labute approximate surface area is 369 Å². The Morgan fingerprint density at radius 2 is 0.754 bits per heavy atom. The summed E-state index contributed by atoms with van der Waals surface area (Å²) in [5.41, 5.74) is 13.2. The second-order valence-corrected chi connectivity index (χ2v) is 67.7. The summed E-state index contributed by atoms with van der Waals surface area (Å²) in [5.74, 6) is 2.31. The van der Waals surface area contributed by atoms with E-state index in [-0.39, 0.29) is 0 Å². The maximum atomic E-state index is 8.19. The third kappa shape index (κ3) is 11.5. The molecule has 0 N–H and O–H groups in total. The zero-order chi connectivity index (χ0) is 44.4. The molecular formula is C48H92GeOSSi6. The van der Waals surface area contributed by atoms with E-state index < -0.39 is 62.0 Å². The van der Waals surface area contributed by atoms with E-state index in [2.05, 4.69) is 198 Å². The van der Waals surface area contributed by atoms with E-state index >= 15 is 0 Å². The van der Waals surface area contributed by atoms with Gasteiger partial charge < -0.3 is 0 Å². The van der Waals surface area contributed by atoms with Crippen molar-refractivity contribution in [1.82, 2.24) is 0 Å². The molecule has 0 radical (unpaired) electrons. The molecule has 0 spiro atoms. The Kier molecular flexibility index (Phi) is 16.2. The molecule has 2 aromatic carbocycles. The molecule has 1 unspecified atom stereocenters. The van der Waals surface area contributed by atoms with Gasteiger partial charge in [-0.3, -0.25) is 0 Å². The quantitative estimate of drug-likeness (QED) is 0.106. The Hall–Kier alpha value is 0.334. The molecule has 1 heterocycles. The fourth-order valence-electron chi connectivity index (χ4n) is 12.3. The SMILES string of the molecule is CC1=C(C)[CH2][Ge]([c]2c(C(C)C)cc(C(C)C)cc2C(C)C)([c]2c(C([Si](C)(C)C)[Si](C)(C)C)cc(C([Si](C)(C)C)[Si](C)(C)C)cc2C([Si](C)(C)C)[Si](C)(C)C)[O]SC1. The van der Waals surface area contributed by atoms with E-state index in [9.17, 15) is 0 Å². The molecule has 1 aliphatic rings. The van der Waals surface area contributed by atoms with Crippen LogP contribution in [0.5, 0.6) is 0 Å². The van der Waals surface area contributed by atoms with Gasteiger partial charge in [0, 0.05) is 0 Å². The maximum absolute atomic E-state index is 8.19. The van der Waals surface area contributed by atoms with Gasteiger partial charge in [-0.1, -0.05) is 0 Å². The standard InChI is InChI=1S/C48H92GeOSSi6/c1-33(2)38-27-40(34(3)4)44(41(28-38)35(5)6)49(31-36(7)37(8)32-51-50-49)45-42(47(54(15,16)17)55(18,19)20)29-39(46(52(9,10)11)53(12,13)14)30-43(45)48(56(21,22)23)57(24,25)26/h27-30,33-35,46-48H,31-32H2,1-26H3. The first-order valence-corrected chi connectivity index (χ1v) is 49.5. The van der Waals surface area contributed by atoms with E-state index in [4.69, 9.17) is 3.21 Å². The first kappa shape index (κ1) is 51.7. The van der Waals surface area contributed by atoms with Gasteiger partial charge in [-0.15, -0.1) is 0 Å². The van der Waals surface area contributed by atoms with E-state index in [1.165, 1.54) is 5.56 Å². The number of hydrogen-bond donors (Lipinski definition) is 0. The summed E-state index contributed by atoms with van der Waals surface area (Å²) in [6, 6.07) is 11.2. The van der Waals surface area contributed by atoms with Crippen molar-refractivity contribution < 1.29 is 3.21 Å². The van der Waals surface area contributed by atoms with Crippen LogP contribution in [-0.2, 0) is 3.21 Å². The Morgan fingerprint density at radius 3 is 1.05 bits per heavy atom. The topological polar surface area (TPSA) is 9.23 Å². The van der Waals surface area contributed by atoms with Gasteiger partial charge in [-0.25, -0.2) is 0 Å². The van der Waals surface area contributed by atoms with Gasteiger partial charge in [-0.05, 0) is 0 Å². The monoisotopic (exact) mass is 958 g/mol. The number of rotatable bonds is 14. The summed E-state index contributed by atoms with van der Waals surface area (Å²) in [6.07, 6.45) is 0. The van der Waals surface area contributed by atoms with Crippen LogP contribution in [0.25, 0.3) is 0 Å². The molecule has 9 heteroatoms. The van der Waals surface area contributed by atoms with Gasteiger partial charge in [0.1, 0.15) is 0 Å².